The van der Waals surface area contributed by atoms with Crippen LogP contribution in [0.2, 0.25) is 0 Å². The van der Waals surface area contributed by atoms with Gasteiger partial charge in [0.2, 0.25) is 11.8 Å². The van der Waals surface area contributed by atoms with E-state index in [9.17, 15) is 19.5 Å². The molecule has 2 amide bonds. The van der Waals surface area contributed by atoms with Gasteiger partial charge in [-0.15, -0.1) is 11.8 Å². The van der Waals surface area contributed by atoms with E-state index in [0.717, 1.165) is 38.5 Å². The van der Waals surface area contributed by atoms with Crippen LogP contribution in [-0.2, 0) is 19.1 Å². The van der Waals surface area contributed by atoms with E-state index in [1.165, 1.54) is 11.3 Å². The highest BCUT2D eigenvalue weighted by Gasteiger charge is 2.73. The second-order valence-electron chi connectivity index (χ2n) is 8.41. The highest BCUT2D eigenvalue weighted by Crippen LogP contribution is 2.66. The Labute approximate surface area is 169 Å². The van der Waals surface area contributed by atoms with Crippen LogP contribution in [0.25, 0.3) is 0 Å². The van der Waals surface area contributed by atoms with Gasteiger partial charge in [0.15, 0.2) is 0 Å². The largest absolute Gasteiger partial charge is 0.466 e. The van der Waals surface area contributed by atoms with Crippen LogP contribution in [0.3, 0.4) is 0 Å². The van der Waals surface area contributed by atoms with Crippen molar-refractivity contribution in [2.75, 3.05) is 19.8 Å². The summed E-state index contributed by atoms with van der Waals surface area (Å²) in [4.78, 5) is 40.8. The van der Waals surface area contributed by atoms with Crippen LogP contribution in [0.4, 0.5) is 0 Å². The maximum atomic E-state index is 13.4. The average molecular weight is 411 g/mol. The number of ether oxygens (including phenoxy) is 1. The molecule has 1 aliphatic carbocycles. The van der Waals surface area contributed by atoms with Crippen LogP contribution >= 0.6 is 11.8 Å². The van der Waals surface area contributed by atoms with Crippen molar-refractivity contribution in [3.05, 3.63) is 0 Å². The third kappa shape index (κ3) is 3.03. The number of likely N-dealkylation sites (tertiary alicyclic amines) is 1. The standard InChI is InChI=1S/C20H30N2O5S/c1-2-27-19(26)14-13-8-9-20(28-13)15(14)18(25)22(10-11-23)16(20)17(24)21-12-6-4-3-5-7-12/h12-16,23H,2-11H2,1H3,(H,21,24)/t13-,14+,15-,16?,20?/m0/s1. The Kier molecular flexibility index (Phi) is 5.62. The smallest absolute Gasteiger partial charge is 0.310 e. The average Bonchev–Trinajstić information content (AvgIpc) is 3.31. The molecule has 2 bridgehead atoms. The molecular formula is C20H30N2O5S. The molecule has 1 spiro atoms. The topological polar surface area (TPSA) is 95.9 Å². The fraction of sp³-hybridized carbons (Fsp3) is 0.850. The summed E-state index contributed by atoms with van der Waals surface area (Å²) in [6.45, 7) is 1.98. The zero-order valence-corrected chi connectivity index (χ0v) is 17.2. The number of esters is 1. The van der Waals surface area contributed by atoms with Crippen molar-refractivity contribution in [1.29, 1.82) is 0 Å². The predicted octanol–water partition coefficient (Wildman–Crippen LogP) is 1.08. The van der Waals surface area contributed by atoms with E-state index < -0.39 is 22.6 Å². The van der Waals surface area contributed by atoms with Crippen LogP contribution in [0, 0.1) is 11.8 Å². The SMILES string of the molecule is CCOC(=O)[C@@H]1[C@@H]2CCC3(S2)C(C(=O)NC2CCCCC2)N(CCO)C(=O)[C@H]13. The summed E-state index contributed by atoms with van der Waals surface area (Å²) >= 11 is 1.64. The second kappa shape index (κ2) is 7.86. The van der Waals surface area contributed by atoms with Gasteiger partial charge < -0.3 is 20.1 Å². The molecule has 5 atom stereocenters. The van der Waals surface area contributed by atoms with Crippen LogP contribution < -0.4 is 5.32 Å². The van der Waals surface area contributed by atoms with Crippen molar-refractivity contribution in [3.8, 4) is 0 Å². The Morgan fingerprint density at radius 3 is 2.71 bits per heavy atom. The van der Waals surface area contributed by atoms with E-state index in [1.807, 2.05) is 0 Å². The number of β-amino-alcohol motifs (C(OH)–C–C–N with tert-alkyl or cyclic N) is 1. The molecule has 156 valence electrons. The van der Waals surface area contributed by atoms with Gasteiger partial charge in [0.25, 0.3) is 0 Å². The van der Waals surface area contributed by atoms with Gasteiger partial charge in [-0.3, -0.25) is 14.4 Å². The van der Waals surface area contributed by atoms with Crippen LogP contribution in [0.15, 0.2) is 0 Å². The summed E-state index contributed by atoms with van der Waals surface area (Å²) in [6.07, 6.45) is 6.95. The Hall–Kier alpha value is -1.28. The number of aliphatic hydroxyl groups excluding tert-OH is 1. The van der Waals surface area contributed by atoms with Gasteiger partial charge >= 0.3 is 5.97 Å². The Morgan fingerprint density at radius 1 is 1.29 bits per heavy atom. The minimum absolute atomic E-state index is 0.0363. The van der Waals surface area contributed by atoms with Crippen molar-refractivity contribution < 1.29 is 24.2 Å². The van der Waals surface area contributed by atoms with Gasteiger partial charge in [0.1, 0.15) is 6.04 Å². The van der Waals surface area contributed by atoms with Gasteiger partial charge in [0, 0.05) is 17.8 Å². The molecule has 8 heteroatoms. The minimum atomic E-state index is -0.617. The number of nitrogens with one attached hydrogen (secondary N) is 1. The zero-order chi connectivity index (χ0) is 19.9. The summed E-state index contributed by atoms with van der Waals surface area (Å²) in [5, 5.41) is 12.8. The molecule has 3 saturated heterocycles. The van der Waals surface area contributed by atoms with Crippen LogP contribution in [0.1, 0.15) is 51.9 Å². The molecule has 28 heavy (non-hydrogen) atoms. The number of hydrogen-bond donors (Lipinski definition) is 2. The molecular weight excluding hydrogens is 380 g/mol. The van der Waals surface area contributed by atoms with E-state index in [-0.39, 0.29) is 48.8 Å². The Bertz CT molecular complexity index is 653. The fourth-order valence-electron chi connectivity index (χ4n) is 5.84. The lowest BCUT2D eigenvalue weighted by Gasteiger charge is -2.35. The number of fused-ring (bicyclic) bond motifs is 1. The van der Waals surface area contributed by atoms with Gasteiger partial charge in [-0.1, -0.05) is 19.3 Å². The number of carbonyl (C=O) groups excluding carboxylic acids is 3. The number of amides is 2. The van der Waals surface area contributed by atoms with Gasteiger partial charge in [-0.05, 0) is 32.6 Å². The van der Waals surface area contributed by atoms with Gasteiger partial charge in [-0.25, -0.2) is 0 Å². The first-order valence-corrected chi connectivity index (χ1v) is 11.5. The van der Waals surface area contributed by atoms with Crippen LogP contribution in [-0.4, -0.2) is 69.6 Å². The van der Waals surface area contributed by atoms with E-state index in [4.69, 9.17) is 4.74 Å². The monoisotopic (exact) mass is 410 g/mol. The number of aliphatic hydroxyl groups is 1. The molecule has 3 aliphatic heterocycles. The van der Waals surface area contributed by atoms with Gasteiger partial charge in [0.05, 0.1) is 29.8 Å². The molecule has 2 N–H and O–H groups in total. The predicted molar refractivity (Wildman–Crippen MR) is 105 cm³/mol. The van der Waals surface area contributed by atoms with Gasteiger partial charge in [-0.2, -0.15) is 0 Å². The summed E-state index contributed by atoms with van der Waals surface area (Å²) in [5.74, 6) is -1.62. The Balaban J connectivity index is 1.62. The van der Waals surface area contributed by atoms with E-state index in [2.05, 4.69) is 5.32 Å². The third-order valence-electron chi connectivity index (χ3n) is 6.90. The third-order valence-corrected chi connectivity index (χ3v) is 8.85. The van der Waals surface area contributed by atoms with E-state index >= 15 is 0 Å². The Morgan fingerprint density at radius 2 is 2.04 bits per heavy atom. The number of nitrogens with zero attached hydrogens (tertiary/aromatic N) is 1. The van der Waals surface area contributed by atoms with Crippen molar-refractivity contribution in [2.24, 2.45) is 11.8 Å². The van der Waals surface area contributed by atoms with E-state index in [0.29, 0.717) is 0 Å². The molecule has 0 aromatic heterocycles. The molecule has 0 aromatic carbocycles. The van der Waals surface area contributed by atoms with Crippen molar-refractivity contribution >= 4 is 29.5 Å². The maximum Gasteiger partial charge on any atom is 0.310 e. The lowest BCUT2D eigenvalue weighted by Crippen LogP contribution is -2.55. The number of rotatable bonds is 6. The van der Waals surface area contributed by atoms with Crippen LogP contribution in [0.5, 0.6) is 0 Å². The summed E-state index contributed by atoms with van der Waals surface area (Å²) in [6, 6.07) is -0.458. The number of thioether (sulfide) groups is 1. The molecule has 2 unspecified atom stereocenters. The zero-order valence-electron chi connectivity index (χ0n) is 16.4. The second-order valence-corrected chi connectivity index (χ2v) is 10.0. The molecule has 0 aromatic rings. The molecule has 1 saturated carbocycles. The lowest BCUT2D eigenvalue weighted by atomic mass is 9.71. The molecule has 0 radical (unpaired) electrons. The summed E-state index contributed by atoms with van der Waals surface area (Å²) in [7, 11) is 0. The van der Waals surface area contributed by atoms with Crippen molar-refractivity contribution in [1.82, 2.24) is 10.2 Å². The van der Waals surface area contributed by atoms with Crippen molar-refractivity contribution in [3.63, 3.8) is 0 Å². The molecule has 7 nitrogen and oxygen atoms in total. The highest BCUT2D eigenvalue weighted by atomic mass is 32.2. The van der Waals surface area contributed by atoms with E-state index in [1.54, 1.807) is 18.7 Å². The maximum absolute atomic E-state index is 13.4. The first-order valence-electron chi connectivity index (χ1n) is 10.6. The number of hydrogen-bond acceptors (Lipinski definition) is 6. The quantitative estimate of drug-likeness (QED) is 0.636. The molecule has 4 fully saturated rings. The summed E-state index contributed by atoms with van der Waals surface area (Å²) < 4.78 is 4.69. The molecule has 3 heterocycles. The molecule has 4 rings (SSSR count). The summed E-state index contributed by atoms with van der Waals surface area (Å²) in [5.41, 5.74) is 0. The molecule has 4 aliphatic rings. The lowest BCUT2D eigenvalue weighted by molar-refractivity contribution is -0.153. The first kappa shape index (κ1) is 20.0. The minimum Gasteiger partial charge on any atom is -0.466 e. The fourth-order valence-corrected chi connectivity index (χ4v) is 8.04. The van der Waals surface area contributed by atoms with Crippen molar-refractivity contribution in [2.45, 2.75) is 74.0 Å². The normalized spacial score (nSPS) is 37.2. The first-order chi connectivity index (χ1) is 13.5. The number of carbonyl (C=O) groups is 3. The highest BCUT2D eigenvalue weighted by molar-refractivity contribution is 8.02.